The first-order valence-corrected chi connectivity index (χ1v) is 12.9. The summed E-state index contributed by atoms with van der Waals surface area (Å²) in [5.41, 5.74) is 1.39. The van der Waals surface area contributed by atoms with E-state index in [0.29, 0.717) is 50.7 Å². The van der Waals surface area contributed by atoms with Gasteiger partial charge in [-0.3, -0.25) is 4.79 Å². The molecular weight excluding hydrogens is 442 g/mol. The van der Waals surface area contributed by atoms with E-state index >= 15 is 0 Å². The Hall–Kier alpha value is -1.67. The van der Waals surface area contributed by atoms with Gasteiger partial charge < -0.3 is 20.3 Å². The molecule has 0 aliphatic heterocycles. The number of carbonyl (C=O) groups is 2. The van der Waals surface area contributed by atoms with Gasteiger partial charge in [0.15, 0.2) is 5.11 Å². The highest BCUT2D eigenvalue weighted by atomic mass is 32.1. The van der Waals surface area contributed by atoms with Crippen LogP contribution in [0.1, 0.15) is 92.3 Å². The maximum Gasteiger partial charge on any atom is 0.341 e. The van der Waals surface area contributed by atoms with E-state index in [2.05, 4.69) is 31.4 Å². The number of amides is 1. The first kappa shape index (κ1) is 26.6. The van der Waals surface area contributed by atoms with E-state index in [0.717, 1.165) is 18.8 Å². The van der Waals surface area contributed by atoms with Crippen molar-refractivity contribution >= 4 is 45.5 Å². The second-order valence-electron chi connectivity index (χ2n) is 9.22. The quantitative estimate of drug-likeness (QED) is 0.372. The van der Waals surface area contributed by atoms with Crippen molar-refractivity contribution in [3.05, 3.63) is 16.0 Å². The molecule has 2 rings (SSSR count). The van der Waals surface area contributed by atoms with Gasteiger partial charge in [-0.15, -0.1) is 11.3 Å². The van der Waals surface area contributed by atoms with Crippen LogP contribution in [0.2, 0.25) is 0 Å². The number of hydrogen-bond acceptors (Lipinski definition) is 5. The van der Waals surface area contributed by atoms with Gasteiger partial charge in [-0.2, -0.15) is 0 Å². The van der Waals surface area contributed by atoms with E-state index in [4.69, 9.17) is 17.0 Å². The molecule has 2 N–H and O–H groups in total. The van der Waals surface area contributed by atoms with Crippen molar-refractivity contribution in [2.45, 2.75) is 79.7 Å². The van der Waals surface area contributed by atoms with Gasteiger partial charge in [0, 0.05) is 19.1 Å². The van der Waals surface area contributed by atoms with E-state index in [-0.39, 0.29) is 5.91 Å². The fourth-order valence-corrected chi connectivity index (χ4v) is 5.94. The first-order valence-electron chi connectivity index (χ1n) is 11.7. The van der Waals surface area contributed by atoms with Gasteiger partial charge in [0.25, 0.3) is 5.91 Å². The number of ether oxygens (including phenoxy) is 1. The lowest BCUT2D eigenvalue weighted by atomic mass is 9.69. The Morgan fingerprint density at radius 3 is 2.25 bits per heavy atom. The molecule has 0 aromatic carbocycles. The van der Waals surface area contributed by atoms with E-state index < -0.39 is 5.97 Å². The Morgan fingerprint density at radius 2 is 1.75 bits per heavy atom. The van der Waals surface area contributed by atoms with Crippen molar-refractivity contribution in [1.82, 2.24) is 10.2 Å². The standard InChI is InChI=1S/C24H39N3O3S2/c1-8-24(5,6)16-11-13-17(14-12-16)25-23(31)26-20-18(22(29)30-7)15(4)19(32-20)21(28)27(9-2)10-3/h16-17H,8-14H2,1-7H3,(H2,25,26,31). The lowest BCUT2D eigenvalue weighted by molar-refractivity contribution is 0.0601. The largest absolute Gasteiger partial charge is 0.465 e. The van der Waals surface area contributed by atoms with Crippen molar-refractivity contribution in [2.75, 3.05) is 25.5 Å². The first-order chi connectivity index (χ1) is 15.1. The molecule has 0 unspecified atom stereocenters. The molecule has 8 heteroatoms. The van der Waals surface area contributed by atoms with Crippen molar-refractivity contribution in [2.24, 2.45) is 11.3 Å². The highest BCUT2D eigenvalue weighted by molar-refractivity contribution is 7.80. The Morgan fingerprint density at radius 1 is 1.16 bits per heavy atom. The van der Waals surface area contributed by atoms with Gasteiger partial charge in [0.05, 0.1) is 17.6 Å². The predicted octanol–water partition coefficient (Wildman–Crippen LogP) is 5.61. The van der Waals surface area contributed by atoms with Crippen LogP contribution < -0.4 is 10.6 Å². The van der Waals surface area contributed by atoms with Crippen molar-refractivity contribution < 1.29 is 14.3 Å². The second-order valence-corrected chi connectivity index (χ2v) is 10.6. The molecule has 32 heavy (non-hydrogen) atoms. The molecule has 1 aromatic rings. The Kier molecular flexibility index (Phi) is 9.52. The third-order valence-corrected chi connectivity index (χ3v) is 8.50. The van der Waals surface area contributed by atoms with Crippen LogP contribution >= 0.6 is 23.6 Å². The zero-order valence-electron chi connectivity index (χ0n) is 20.6. The number of methoxy groups -OCH3 is 1. The third-order valence-electron chi connectivity index (χ3n) is 7.09. The van der Waals surface area contributed by atoms with Gasteiger partial charge in [-0.05, 0) is 75.6 Å². The monoisotopic (exact) mass is 481 g/mol. The van der Waals surface area contributed by atoms with Crippen LogP contribution in [0.4, 0.5) is 5.00 Å². The van der Waals surface area contributed by atoms with Crippen molar-refractivity contribution in [1.29, 1.82) is 0 Å². The number of anilines is 1. The number of thiophene rings is 1. The summed E-state index contributed by atoms with van der Waals surface area (Å²) in [6.45, 7) is 13.9. The molecule has 0 atom stereocenters. The molecule has 0 spiro atoms. The molecule has 180 valence electrons. The Labute approximate surface area is 202 Å². The zero-order valence-corrected chi connectivity index (χ0v) is 22.2. The Balaban J connectivity index is 2.13. The maximum absolute atomic E-state index is 13.0. The summed E-state index contributed by atoms with van der Waals surface area (Å²) in [4.78, 5) is 27.7. The van der Waals surface area contributed by atoms with Crippen LogP contribution in [0.5, 0.6) is 0 Å². The molecule has 1 aliphatic carbocycles. The molecule has 0 radical (unpaired) electrons. The topological polar surface area (TPSA) is 70.7 Å². The van der Waals surface area contributed by atoms with Gasteiger partial charge in [0.2, 0.25) is 0 Å². The number of nitrogens with one attached hydrogen (secondary N) is 2. The van der Waals surface area contributed by atoms with Crippen LogP contribution in [0.3, 0.4) is 0 Å². The van der Waals surface area contributed by atoms with Crippen LogP contribution in [-0.4, -0.2) is 48.1 Å². The number of carbonyl (C=O) groups excluding carboxylic acids is 2. The lowest BCUT2D eigenvalue weighted by Crippen LogP contribution is -2.41. The summed E-state index contributed by atoms with van der Waals surface area (Å²) in [7, 11) is 1.35. The minimum atomic E-state index is -0.468. The molecule has 1 aromatic heterocycles. The SMILES string of the molecule is CCN(CC)C(=O)c1sc(NC(=S)NC2CCC(C(C)(C)CC)CC2)c(C(=O)OC)c1C. The van der Waals surface area contributed by atoms with E-state index in [1.807, 2.05) is 13.8 Å². The molecule has 6 nitrogen and oxygen atoms in total. The molecule has 1 saturated carbocycles. The number of rotatable bonds is 8. The number of hydrogen-bond donors (Lipinski definition) is 2. The molecule has 1 heterocycles. The molecule has 1 amide bonds. The maximum atomic E-state index is 13.0. The highest BCUT2D eigenvalue weighted by Gasteiger charge is 2.32. The second kappa shape index (κ2) is 11.5. The van der Waals surface area contributed by atoms with Gasteiger partial charge in [0.1, 0.15) is 5.00 Å². The van der Waals surface area contributed by atoms with Gasteiger partial charge in [-0.1, -0.05) is 27.2 Å². The van der Waals surface area contributed by atoms with E-state index in [9.17, 15) is 9.59 Å². The number of thiocarbonyl (C=S) groups is 1. The molecule has 0 bridgehead atoms. The van der Waals surface area contributed by atoms with E-state index in [1.165, 1.54) is 37.7 Å². The van der Waals surface area contributed by atoms with Gasteiger partial charge in [-0.25, -0.2) is 4.79 Å². The summed E-state index contributed by atoms with van der Waals surface area (Å²) < 4.78 is 4.99. The summed E-state index contributed by atoms with van der Waals surface area (Å²) in [5, 5.41) is 7.65. The van der Waals surface area contributed by atoms with Crippen LogP contribution in [-0.2, 0) is 4.74 Å². The summed E-state index contributed by atoms with van der Waals surface area (Å²) in [6.07, 6.45) is 5.73. The fraction of sp³-hybridized carbons (Fsp3) is 0.708. The molecule has 1 aliphatic rings. The fourth-order valence-electron chi connectivity index (χ4n) is 4.44. The molecular formula is C24H39N3O3S2. The summed E-state index contributed by atoms with van der Waals surface area (Å²) in [5.74, 6) is 0.197. The smallest absolute Gasteiger partial charge is 0.341 e. The summed E-state index contributed by atoms with van der Waals surface area (Å²) >= 11 is 6.84. The number of esters is 1. The van der Waals surface area contributed by atoms with Crippen molar-refractivity contribution in [3.63, 3.8) is 0 Å². The van der Waals surface area contributed by atoms with E-state index in [1.54, 1.807) is 11.8 Å². The number of nitrogens with zero attached hydrogens (tertiary/aromatic N) is 1. The van der Waals surface area contributed by atoms with Crippen LogP contribution in [0, 0.1) is 18.3 Å². The molecule has 0 saturated heterocycles. The predicted molar refractivity (Wildman–Crippen MR) is 137 cm³/mol. The van der Waals surface area contributed by atoms with Crippen molar-refractivity contribution in [3.8, 4) is 0 Å². The van der Waals surface area contributed by atoms with Crippen LogP contribution in [0.25, 0.3) is 0 Å². The summed E-state index contributed by atoms with van der Waals surface area (Å²) in [6, 6.07) is 0.318. The zero-order chi connectivity index (χ0) is 24.1. The minimum Gasteiger partial charge on any atom is -0.465 e. The average Bonchev–Trinajstić information content (AvgIpc) is 3.09. The normalized spacial score (nSPS) is 18.7. The Bertz CT molecular complexity index is 823. The lowest BCUT2D eigenvalue weighted by Gasteiger charge is -2.39. The third kappa shape index (κ3) is 6.01. The highest BCUT2D eigenvalue weighted by Crippen LogP contribution is 2.40. The van der Waals surface area contributed by atoms with Crippen LogP contribution in [0.15, 0.2) is 0 Å². The molecule has 1 fully saturated rings. The van der Waals surface area contributed by atoms with Gasteiger partial charge >= 0.3 is 5.97 Å². The average molecular weight is 482 g/mol. The minimum absolute atomic E-state index is 0.0774.